The summed E-state index contributed by atoms with van der Waals surface area (Å²) in [5, 5.41) is 6.64. The van der Waals surface area contributed by atoms with Gasteiger partial charge in [-0.3, -0.25) is 4.79 Å². The third kappa shape index (κ3) is 4.00. The van der Waals surface area contributed by atoms with Crippen molar-refractivity contribution in [2.24, 2.45) is 0 Å². The molecule has 1 aromatic rings. The van der Waals surface area contributed by atoms with E-state index in [4.69, 9.17) is 10.5 Å². The average Bonchev–Trinajstić information content (AvgIpc) is 2.70. The summed E-state index contributed by atoms with van der Waals surface area (Å²) in [5.74, 6) is 0.357. The third-order valence-corrected chi connectivity index (χ3v) is 3.75. The van der Waals surface area contributed by atoms with Crippen LogP contribution in [0.3, 0.4) is 0 Å². The molecule has 0 aliphatic heterocycles. The van der Waals surface area contributed by atoms with E-state index in [1.54, 1.807) is 14.2 Å². The smallest absolute Gasteiger partial charge is 0.263 e. The van der Waals surface area contributed by atoms with Crippen LogP contribution in [0.4, 0.5) is 10.7 Å². The van der Waals surface area contributed by atoms with E-state index in [0.717, 1.165) is 24.5 Å². The van der Waals surface area contributed by atoms with Crippen LogP contribution in [0, 0.1) is 0 Å². The summed E-state index contributed by atoms with van der Waals surface area (Å²) in [7, 11) is 7.20. The number of carbonyl (C=O) groups is 1. The average molecular weight is 286 g/mol. The highest BCUT2D eigenvalue weighted by molar-refractivity contribution is 7.19. The zero-order chi connectivity index (χ0) is 14.4. The number of hydrogen-bond acceptors (Lipinski definition) is 6. The van der Waals surface area contributed by atoms with Crippen LogP contribution in [0.15, 0.2) is 0 Å². The summed E-state index contributed by atoms with van der Waals surface area (Å²) in [6, 6.07) is 0. The van der Waals surface area contributed by atoms with Gasteiger partial charge in [0.2, 0.25) is 0 Å². The molecule has 0 unspecified atom stereocenters. The summed E-state index contributed by atoms with van der Waals surface area (Å²) < 4.78 is 5.26. The Bertz CT molecular complexity index is 432. The van der Waals surface area contributed by atoms with Gasteiger partial charge in [-0.1, -0.05) is 0 Å². The number of anilines is 2. The molecule has 1 amide bonds. The Morgan fingerprint density at radius 2 is 2.16 bits per heavy atom. The van der Waals surface area contributed by atoms with Gasteiger partial charge in [-0.05, 0) is 27.1 Å². The second-order valence-corrected chi connectivity index (χ2v) is 5.39. The van der Waals surface area contributed by atoms with Gasteiger partial charge in [0.05, 0.1) is 7.11 Å². The number of nitrogens with zero attached hydrogens (tertiary/aromatic N) is 1. The summed E-state index contributed by atoms with van der Waals surface area (Å²) in [5.41, 5.74) is 6.31. The molecule has 0 saturated heterocycles. The maximum Gasteiger partial charge on any atom is 0.263 e. The van der Waals surface area contributed by atoms with E-state index in [1.165, 1.54) is 11.3 Å². The van der Waals surface area contributed by atoms with Gasteiger partial charge in [-0.15, -0.1) is 11.3 Å². The van der Waals surface area contributed by atoms with E-state index in [9.17, 15) is 4.79 Å². The highest BCUT2D eigenvalue weighted by atomic mass is 32.1. The van der Waals surface area contributed by atoms with Crippen LogP contribution in [0.25, 0.3) is 0 Å². The lowest BCUT2D eigenvalue weighted by Gasteiger charge is -2.10. The Balaban J connectivity index is 2.74. The van der Waals surface area contributed by atoms with Crippen LogP contribution < -0.4 is 21.1 Å². The molecule has 0 aliphatic carbocycles. The minimum atomic E-state index is -0.192. The number of hydrogen-bond donors (Lipinski definition) is 3. The Hall–Kier alpha value is -1.47. The molecule has 4 N–H and O–H groups in total. The summed E-state index contributed by atoms with van der Waals surface area (Å²) in [4.78, 5) is 14.3. The third-order valence-electron chi connectivity index (χ3n) is 2.60. The summed E-state index contributed by atoms with van der Waals surface area (Å²) >= 11 is 1.32. The fourth-order valence-electron chi connectivity index (χ4n) is 1.63. The SMILES string of the molecule is CNC(=O)c1sc(NCCCN(C)C)c(OC)c1N. The Morgan fingerprint density at radius 3 is 2.68 bits per heavy atom. The number of methoxy groups -OCH3 is 1. The molecular weight excluding hydrogens is 264 g/mol. The van der Waals surface area contributed by atoms with E-state index in [-0.39, 0.29) is 5.91 Å². The van der Waals surface area contributed by atoms with E-state index in [1.807, 2.05) is 14.1 Å². The molecule has 0 fully saturated rings. The lowest BCUT2D eigenvalue weighted by atomic mass is 10.3. The summed E-state index contributed by atoms with van der Waals surface area (Å²) in [6.07, 6.45) is 1.00. The Morgan fingerprint density at radius 1 is 1.47 bits per heavy atom. The molecule has 0 radical (unpaired) electrons. The van der Waals surface area contributed by atoms with Crippen LogP contribution in [-0.2, 0) is 0 Å². The first-order chi connectivity index (χ1) is 9.01. The molecule has 0 saturated carbocycles. The first kappa shape index (κ1) is 15.6. The number of rotatable bonds is 7. The highest BCUT2D eigenvalue weighted by Crippen LogP contribution is 2.42. The van der Waals surface area contributed by atoms with Crippen LogP contribution in [0.2, 0.25) is 0 Å². The largest absolute Gasteiger partial charge is 0.492 e. The first-order valence-corrected chi connectivity index (χ1v) is 6.89. The molecule has 0 bridgehead atoms. The molecular formula is C12H22N4O2S. The van der Waals surface area contributed by atoms with Gasteiger partial charge in [0.1, 0.15) is 15.6 Å². The topological polar surface area (TPSA) is 79.6 Å². The van der Waals surface area contributed by atoms with Crippen molar-refractivity contribution in [1.82, 2.24) is 10.2 Å². The molecule has 1 heterocycles. The van der Waals surface area contributed by atoms with Gasteiger partial charge in [-0.25, -0.2) is 0 Å². The maximum atomic E-state index is 11.7. The van der Waals surface area contributed by atoms with Gasteiger partial charge in [0, 0.05) is 13.6 Å². The van der Waals surface area contributed by atoms with E-state index in [2.05, 4.69) is 15.5 Å². The number of nitrogens with two attached hydrogens (primary N) is 1. The second kappa shape index (κ2) is 7.20. The zero-order valence-electron chi connectivity index (χ0n) is 11.9. The van der Waals surface area contributed by atoms with Crippen LogP contribution in [0.1, 0.15) is 16.1 Å². The quantitative estimate of drug-likeness (QED) is 0.653. The van der Waals surface area contributed by atoms with Crippen molar-refractivity contribution in [2.45, 2.75) is 6.42 Å². The molecule has 7 heteroatoms. The monoisotopic (exact) mass is 286 g/mol. The van der Waals surface area contributed by atoms with Crippen LogP contribution in [0.5, 0.6) is 5.75 Å². The van der Waals surface area contributed by atoms with Crippen molar-refractivity contribution in [2.75, 3.05) is 52.4 Å². The van der Waals surface area contributed by atoms with Gasteiger partial charge >= 0.3 is 0 Å². The molecule has 1 aromatic heterocycles. The first-order valence-electron chi connectivity index (χ1n) is 6.08. The fourth-order valence-corrected chi connectivity index (χ4v) is 2.69. The minimum absolute atomic E-state index is 0.192. The van der Waals surface area contributed by atoms with Crippen molar-refractivity contribution < 1.29 is 9.53 Å². The number of carbonyl (C=O) groups excluding carboxylic acids is 1. The molecule has 0 atom stereocenters. The van der Waals surface area contributed by atoms with Crippen molar-refractivity contribution in [1.29, 1.82) is 0 Å². The predicted octanol–water partition coefficient (Wildman–Crippen LogP) is 1.06. The van der Waals surface area contributed by atoms with Crippen LogP contribution >= 0.6 is 11.3 Å². The van der Waals surface area contributed by atoms with E-state index >= 15 is 0 Å². The number of amides is 1. The molecule has 108 valence electrons. The molecule has 0 spiro atoms. The minimum Gasteiger partial charge on any atom is -0.492 e. The normalized spacial score (nSPS) is 10.6. The Labute approximate surface area is 117 Å². The highest BCUT2D eigenvalue weighted by Gasteiger charge is 2.20. The standard InChI is InChI=1S/C12H22N4O2S/c1-14-11(17)10-8(13)9(18-4)12(19-10)15-6-5-7-16(2)3/h15H,5-7,13H2,1-4H3,(H,14,17). The number of ether oxygens (including phenoxy) is 1. The number of nitrogens with one attached hydrogen (secondary N) is 2. The molecule has 0 aliphatic rings. The predicted molar refractivity (Wildman–Crippen MR) is 80.3 cm³/mol. The van der Waals surface area contributed by atoms with Crippen molar-refractivity contribution >= 4 is 27.9 Å². The lowest BCUT2D eigenvalue weighted by molar-refractivity contribution is 0.0967. The van der Waals surface area contributed by atoms with E-state index < -0.39 is 0 Å². The van der Waals surface area contributed by atoms with Gasteiger partial charge < -0.3 is 26.0 Å². The maximum absolute atomic E-state index is 11.7. The molecule has 6 nitrogen and oxygen atoms in total. The van der Waals surface area contributed by atoms with Crippen LogP contribution in [-0.4, -0.2) is 52.1 Å². The number of thiophene rings is 1. The van der Waals surface area contributed by atoms with Gasteiger partial charge in [0.25, 0.3) is 5.91 Å². The molecule has 1 rings (SSSR count). The lowest BCUT2D eigenvalue weighted by Crippen LogP contribution is -2.17. The Kier molecular flexibility index (Phi) is 5.91. The van der Waals surface area contributed by atoms with Crippen molar-refractivity contribution in [3.63, 3.8) is 0 Å². The second-order valence-electron chi connectivity index (χ2n) is 4.37. The van der Waals surface area contributed by atoms with Gasteiger partial charge in [0.15, 0.2) is 5.75 Å². The van der Waals surface area contributed by atoms with Gasteiger partial charge in [-0.2, -0.15) is 0 Å². The van der Waals surface area contributed by atoms with Crippen molar-refractivity contribution in [3.05, 3.63) is 4.88 Å². The molecule has 19 heavy (non-hydrogen) atoms. The van der Waals surface area contributed by atoms with Crippen molar-refractivity contribution in [3.8, 4) is 5.75 Å². The molecule has 0 aromatic carbocycles. The number of nitrogen functional groups attached to an aromatic ring is 1. The summed E-state index contributed by atoms with van der Waals surface area (Å²) in [6.45, 7) is 1.81. The fraction of sp³-hybridized carbons (Fsp3) is 0.583. The van der Waals surface area contributed by atoms with E-state index in [0.29, 0.717) is 16.3 Å². The zero-order valence-corrected chi connectivity index (χ0v) is 12.7.